The van der Waals surface area contributed by atoms with Crippen LogP contribution in [-0.2, 0) is 21.9 Å². The second kappa shape index (κ2) is 8.75. The minimum absolute atomic E-state index is 0.0852. The molecule has 3 atom stereocenters. The van der Waals surface area contributed by atoms with Crippen LogP contribution < -0.4 is 5.73 Å². The van der Waals surface area contributed by atoms with Gasteiger partial charge in [-0.05, 0) is 67.1 Å². The summed E-state index contributed by atoms with van der Waals surface area (Å²) in [6.45, 7) is 2.17. The lowest BCUT2D eigenvalue weighted by molar-refractivity contribution is 0.153. The number of hydrogen-bond acceptors (Lipinski definition) is 3. The summed E-state index contributed by atoms with van der Waals surface area (Å²) < 4.78 is 15.7. The largest absolute Gasteiger partial charge is 0.469 e. The third kappa shape index (κ3) is 5.88. The van der Waals surface area contributed by atoms with Gasteiger partial charge < -0.3 is 15.5 Å². The smallest absolute Gasteiger partial charge is 0.323 e. The number of phosphoric ester groups is 1. The van der Waals surface area contributed by atoms with Crippen LogP contribution in [0.5, 0.6) is 0 Å². The van der Waals surface area contributed by atoms with Crippen molar-refractivity contribution in [1.29, 1.82) is 0 Å². The van der Waals surface area contributed by atoms with Gasteiger partial charge in [0.15, 0.2) is 0 Å². The maximum Gasteiger partial charge on any atom is 0.469 e. The van der Waals surface area contributed by atoms with Crippen molar-refractivity contribution in [3.63, 3.8) is 0 Å². The summed E-state index contributed by atoms with van der Waals surface area (Å²) >= 11 is 0. The molecular weight excluding hydrogens is 361 g/mol. The molecule has 3 rings (SSSR count). The standard InChI is InChI=1S/C21H34NO4P/c1-2-3-4-5-16-6-7-18-13-19(9-8-17(18)12-16)20-10-11-21(22,14-20)15-26-27(23,24)25/h8-9,13,16,20H,2-7,10-12,14-15,22H2,1H3,(H2,23,24,25)/t16?,20-,21+/m0/s1. The molecule has 0 aromatic heterocycles. The van der Waals surface area contributed by atoms with Gasteiger partial charge in [0.05, 0.1) is 6.61 Å². The molecule has 1 aromatic rings. The highest BCUT2D eigenvalue weighted by atomic mass is 31.2. The molecule has 0 amide bonds. The number of rotatable bonds is 8. The van der Waals surface area contributed by atoms with Crippen LogP contribution in [0.2, 0.25) is 0 Å². The predicted octanol–water partition coefficient (Wildman–Crippen LogP) is 4.45. The van der Waals surface area contributed by atoms with Crippen LogP contribution in [0.1, 0.15) is 80.9 Å². The number of hydrogen-bond donors (Lipinski definition) is 3. The Bertz CT molecular complexity index is 689. The molecule has 0 bridgehead atoms. The van der Waals surface area contributed by atoms with E-state index in [4.69, 9.17) is 15.5 Å². The van der Waals surface area contributed by atoms with Gasteiger partial charge in [-0.25, -0.2) is 4.57 Å². The summed E-state index contributed by atoms with van der Waals surface area (Å²) in [4.78, 5) is 17.9. The molecule has 27 heavy (non-hydrogen) atoms. The van der Waals surface area contributed by atoms with Crippen LogP contribution in [0.25, 0.3) is 0 Å². The van der Waals surface area contributed by atoms with E-state index in [1.807, 2.05) is 0 Å². The van der Waals surface area contributed by atoms with Gasteiger partial charge in [-0.1, -0.05) is 50.8 Å². The number of phosphoric acid groups is 1. The molecule has 5 nitrogen and oxygen atoms in total. The molecule has 2 aliphatic rings. The van der Waals surface area contributed by atoms with Crippen LogP contribution in [-0.4, -0.2) is 21.9 Å². The first-order valence-electron chi connectivity index (χ1n) is 10.4. The fourth-order valence-corrected chi connectivity index (χ4v) is 5.24. The lowest BCUT2D eigenvalue weighted by atomic mass is 9.79. The topological polar surface area (TPSA) is 92.8 Å². The van der Waals surface area contributed by atoms with Crippen molar-refractivity contribution in [2.75, 3.05) is 6.61 Å². The van der Waals surface area contributed by atoms with Gasteiger partial charge in [-0.2, -0.15) is 0 Å². The fourth-order valence-electron chi connectivity index (χ4n) is 4.82. The molecule has 152 valence electrons. The summed E-state index contributed by atoms with van der Waals surface area (Å²) in [6, 6.07) is 6.91. The Labute approximate surface area is 162 Å². The van der Waals surface area contributed by atoms with Crippen LogP contribution >= 0.6 is 7.82 Å². The Morgan fingerprint density at radius 3 is 2.81 bits per heavy atom. The molecule has 0 spiro atoms. The monoisotopic (exact) mass is 395 g/mol. The lowest BCUT2D eigenvalue weighted by Crippen LogP contribution is -2.41. The third-order valence-electron chi connectivity index (χ3n) is 6.41. The summed E-state index contributed by atoms with van der Waals surface area (Å²) in [7, 11) is -4.46. The van der Waals surface area contributed by atoms with E-state index in [0.29, 0.717) is 12.3 Å². The molecule has 2 aliphatic carbocycles. The normalized spacial score (nSPS) is 28.3. The van der Waals surface area contributed by atoms with E-state index in [2.05, 4.69) is 29.6 Å². The Balaban J connectivity index is 1.59. The Morgan fingerprint density at radius 1 is 1.26 bits per heavy atom. The first-order valence-corrected chi connectivity index (χ1v) is 11.9. The van der Waals surface area contributed by atoms with Crippen molar-refractivity contribution in [1.82, 2.24) is 0 Å². The third-order valence-corrected chi connectivity index (χ3v) is 6.88. The van der Waals surface area contributed by atoms with Crippen LogP contribution in [0.4, 0.5) is 0 Å². The summed E-state index contributed by atoms with van der Waals surface area (Å²) in [6.07, 6.45) is 11.4. The quantitative estimate of drug-likeness (QED) is 0.447. The summed E-state index contributed by atoms with van der Waals surface area (Å²) in [5.74, 6) is 1.19. The molecule has 1 saturated carbocycles. The van der Waals surface area contributed by atoms with Gasteiger partial charge in [-0.15, -0.1) is 0 Å². The van der Waals surface area contributed by atoms with E-state index in [1.165, 1.54) is 61.6 Å². The fraction of sp³-hybridized carbons (Fsp3) is 0.714. The van der Waals surface area contributed by atoms with Crippen molar-refractivity contribution >= 4 is 7.82 Å². The minimum atomic E-state index is -4.46. The van der Waals surface area contributed by atoms with Gasteiger partial charge in [0, 0.05) is 5.54 Å². The van der Waals surface area contributed by atoms with E-state index in [9.17, 15) is 4.57 Å². The SMILES string of the molecule is CCCCCC1CCc2cc([C@H]3CC[C@](N)(COP(=O)(O)O)C3)ccc2C1. The zero-order chi connectivity index (χ0) is 19.5. The Morgan fingerprint density at radius 2 is 2.07 bits per heavy atom. The van der Waals surface area contributed by atoms with Gasteiger partial charge in [-0.3, -0.25) is 4.52 Å². The Hall–Kier alpha value is -0.710. The molecule has 0 saturated heterocycles. The highest BCUT2D eigenvalue weighted by molar-refractivity contribution is 7.46. The van der Waals surface area contributed by atoms with Crippen molar-refractivity contribution < 1.29 is 18.9 Å². The van der Waals surface area contributed by atoms with Crippen molar-refractivity contribution in [3.05, 3.63) is 34.9 Å². The maximum absolute atomic E-state index is 11.0. The van der Waals surface area contributed by atoms with Crippen molar-refractivity contribution in [3.8, 4) is 0 Å². The van der Waals surface area contributed by atoms with E-state index in [-0.39, 0.29) is 6.61 Å². The number of unbranched alkanes of at least 4 members (excludes halogenated alkanes) is 2. The van der Waals surface area contributed by atoms with Gasteiger partial charge in [0.25, 0.3) is 0 Å². The zero-order valence-electron chi connectivity index (χ0n) is 16.4. The first-order chi connectivity index (χ1) is 12.8. The first kappa shape index (κ1) is 21.0. The van der Waals surface area contributed by atoms with Crippen molar-refractivity contribution in [2.45, 2.75) is 82.6 Å². The maximum atomic E-state index is 11.0. The second-order valence-electron chi connectivity index (χ2n) is 8.70. The van der Waals surface area contributed by atoms with E-state index in [1.54, 1.807) is 0 Å². The number of aryl methyl sites for hydroxylation is 1. The second-order valence-corrected chi connectivity index (χ2v) is 9.94. The number of benzene rings is 1. The molecule has 0 aliphatic heterocycles. The Kier molecular flexibility index (Phi) is 6.81. The molecule has 6 heteroatoms. The highest BCUT2D eigenvalue weighted by Crippen LogP contribution is 2.44. The number of fused-ring (bicyclic) bond motifs is 1. The molecule has 1 unspecified atom stereocenters. The van der Waals surface area contributed by atoms with Gasteiger partial charge in [0.1, 0.15) is 0 Å². The lowest BCUT2D eigenvalue weighted by Gasteiger charge is -2.26. The molecular formula is C21H34NO4P. The minimum Gasteiger partial charge on any atom is -0.323 e. The van der Waals surface area contributed by atoms with Gasteiger partial charge >= 0.3 is 7.82 Å². The van der Waals surface area contributed by atoms with Crippen LogP contribution in [0.15, 0.2) is 18.2 Å². The average Bonchev–Trinajstić information content (AvgIpc) is 3.02. The van der Waals surface area contributed by atoms with Gasteiger partial charge in [0.2, 0.25) is 0 Å². The number of nitrogens with two attached hydrogens (primary N) is 1. The molecule has 4 N–H and O–H groups in total. The molecule has 0 heterocycles. The van der Waals surface area contributed by atoms with Crippen molar-refractivity contribution in [2.24, 2.45) is 11.7 Å². The average molecular weight is 395 g/mol. The highest BCUT2D eigenvalue weighted by Gasteiger charge is 2.38. The van der Waals surface area contributed by atoms with Crippen LogP contribution in [0.3, 0.4) is 0 Å². The molecule has 1 fully saturated rings. The summed E-state index contributed by atoms with van der Waals surface area (Å²) in [5.41, 5.74) is 10.0. The van der Waals surface area contributed by atoms with E-state index < -0.39 is 13.4 Å². The molecule has 1 aromatic carbocycles. The van der Waals surface area contributed by atoms with E-state index in [0.717, 1.165) is 18.8 Å². The van der Waals surface area contributed by atoms with Crippen LogP contribution in [0, 0.1) is 5.92 Å². The predicted molar refractivity (Wildman–Crippen MR) is 108 cm³/mol. The zero-order valence-corrected chi connectivity index (χ0v) is 17.3. The summed E-state index contributed by atoms with van der Waals surface area (Å²) in [5, 5.41) is 0. The van der Waals surface area contributed by atoms with E-state index >= 15 is 0 Å². The molecule has 0 radical (unpaired) electrons.